The van der Waals surface area contributed by atoms with Crippen LogP contribution < -0.4 is 9.62 Å². The first-order valence-electron chi connectivity index (χ1n) is 10.4. The average Bonchev–Trinajstić information content (AvgIpc) is 3.20. The zero-order chi connectivity index (χ0) is 21.7. The lowest BCUT2D eigenvalue weighted by atomic mass is 10.1. The maximum atomic E-state index is 12.8. The quantitative estimate of drug-likeness (QED) is 0.700. The Balaban J connectivity index is 1.66. The molecule has 7 heteroatoms. The van der Waals surface area contributed by atoms with E-state index in [2.05, 4.69) is 22.3 Å². The minimum Gasteiger partial charge on any atom is -0.350 e. The normalized spacial score (nSPS) is 15.7. The zero-order valence-corrected chi connectivity index (χ0v) is 18.8. The van der Waals surface area contributed by atoms with Crippen molar-refractivity contribution < 1.29 is 13.2 Å². The highest BCUT2D eigenvalue weighted by Crippen LogP contribution is 2.21. The second-order valence-corrected chi connectivity index (χ2v) is 9.95. The van der Waals surface area contributed by atoms with Gasteiger partial charge in [-0.25, -0.2) is 8.42 Å². The number of nitrogens with zero attached hydrogens (tertiary/aromatic N) is 2. The Morgan fingerprint density at radius 1 is 1.10 bits per heavy atom. The molecule has 1 N–H and O–H groups in total. The van der Waals surface area contributed by atoms with Gasteiger partial charge in [0.15, 0.2) is 0 Å². The standard InChI is InChI=1S/C23H31N3O3S/c1-18-9-11-22(12-10-18)26(30(3,28)29)19(2)23(27)24-16-20-7-6-8-21(15-20)17-25-13-4-5-14-25/h6-12,15,19H,4-5,13-14,16-17H2,1-3H3,(H,24,27). The van der Waals surface area contributed by atoms with E-state index in [1.165, 1.54) is 22.7 Å². The van der Waals surface area contributed by atoms with Gasteiger partial charge in [-0.3, -0.25) is 14.0 Å². The van der Waals surface area contributed by atoms with E-state index in [4.69, 9.17) is 0 Å². The van der Waals surface area contributed by atoms with E-state index in [9.17, 15) is 13.2 Å². The molecule has 1 saturated heterocycles. The molecule has 1 aliphatic rings. The van der Waals surface area contributed by atoms with Gasteiger partial charge in [-0.15, -0.1) is 0 Å². The number of nitrogens with one attached hydrogen (secondary N) is 1. The number of anilines is 1. The van der Waals surface area contributed by atoms with Crippen molar-refractivity contribution in [2.45, 2.75) is 45.8 Å². The summed E-state index contributed by atoms with van der Waals surface area (Å²) in [4.78, 5) is 15.2. The van der Waals surface area contributed by atoms with Crippen molar-refractivity contribution >= 4 is 21.6 Å². The first kappa shape index (κ1) is 22.3. The van der Waals surface area contributed by atoms with Gasteiger partial charge in [0.1, 0.15) is 6.04 Å². The number of likely N-dealkylation sites (tertiary alicyclic amines) is 1. The van der Waals surface area contributed by atoms with E-state index in [0.29, 0.717) is 12.2 Å². The second-order valence-electron chi connectivity index (χ2n) is 8.09. The summed E-state index contributed by atoms with van der Waals surface area (Å²) in [6, 6.07) is 14.5. The Morgan fingerprint density at radius 3 is 2.37 bits per heavy atom. The summed E-state index contributed by atoms with van der Waals surface area (Å²) in [6.07, 6.45) is 3.63. The molecule has 1 unspecified atom stereocenters. The van der Waals surface area contributed by atoms with E-state index in [0.717, 1.165) is 37.0 Å². The molecule has 1 heterocycles. The smallest absolute Gasteiger partial charge is 0.243 e. The van der Waals surface area contributed by atoms with E-state index < -0.39 is 16.1 Å². The Kier molecular flexibility index (Phi) is 7.15. The van der Waals surface area contributed by atoms with Crippen molar-refractivity contribution in [1.82, 2.24) is 10.2 Å². The third-order valence-corrected chi connectivity index (χ3v) is 6.68. The molecular weight excluding hydrogens is 398 g/mol. The zero-order valence-electron chi connectivity index (χ0n) is 18.0. The monoisotopic (exact) mass is 429 g/mol. The van der Waals surface area contributed by atoms with Crippen LogP contribution in [0.25, 0.3) is 0 Å². The molecule has 1 atom stereocenters. The molecule has 0 radical (unpaired) electrons. The van der Waals surface area contributed by atoms with Gasteiger partial charge in [-0.1, -0.05) is 42.0 Å². The van der Waals surface area contributed by atoms with Gasteiger partial charge in [0, 0.05) is 13.1 Å². The Labute approximate surface area is 179 Å². The second kappa shape index (κ2) is 9.62. The molecule has 2 aromatic carbocycles. The molecule has 0 saturated carbocycles. The number of carbonyl (C=O) groups is 1. The first-order valence-corrected chi connectivity index (χ1v) is 12.2. The third kappa shape index (κ3) is 5.83. The van der Waals surface area contributed by atoms with Crippen molar-refractivity contribution in [1.29, 1.82) is 0 Å². The lowest BCUT2D eigenvalue weighted by Gasteiger charge is -2.28. The van der Waals surface area contributed by atoms with Crippen LogP contribution in [-0.2, 0) is 27.9 Å². The molecule has 1 fully saturated rings. The van der Waals surface area contributed by atoms with E-state index in [-0.39, 0.29) is 5.91 Å². The van der Waals surface area contributed by atoms with Crippen molar-refractivity contribution in [2.24, 2.45) is 0 Å². The van der Waals surface area contributed by atoms with Gasteiger partial charge in [-0.05, 0) is 63.0 Å². The summed E-state index contributed by atoms with van der Waals surface area (Å²) in [7, 11) is -3.61. The third-order valence-electron chi connectivity index (χ3n) is 5.44. The minimum atomic E-state index is -3.61. The minimum absolute atomic E-state index is 0.328. The topological polar surface area (TPSA) is 69.7 Å². The van der Waals surface area contributed by atoms with Crippen molar-refractivity contribution in [3.05, 3.63) is 65.2 Å². The van der Waals surface area contributed by atoms with E-state index >= 15 is 0 Å². The van der Waals surface area contributed by atoms with Gasteiger partial charge in [0.2, 0.25) is 15.9 Å². The van der Waals surface area contributed by atoms with Gasteiger partial charge in [0.25, 0.3) is 0 Å². The fourth-order valence-electron chi connectivity index (χ4n) is 3.87. The Hall–Kier alpha value is -2.38. The molecule has 3 rings (SSSR count). The van der Waals surface area contributed by atoms with E-state index in [1.54, 1.807) is 19.1 Å². The summed E-state index contributed by atoms with van der Waals surface area (Å²) in [5, 5.41) is 2.89. The number of aryl methyl sites for hydroxylation is 1. The van der Waals surface area contributed by atoms with E-state index in [1.807, 2.05) is 31.2 Å². The number of hydrogen-bond acceptors (Lipinski definition) is 4. The lowest BCUT2D eigenvalue weighted by Crippen LogP contribution is -2.47. The summed E-state index contributed by atoms with van der Waals surface area (Å²) in [5.74, 6) is -0.328. The fourth-order valence-corrected chi connectivity index (χ4v) is 5.05. The van der Waals surface area contributed by atoms with Crippen LogP contribution in [0.1, 0.15) is 36.5 Å². The molecule has 1 amide bonds. The molecule has 162 valence electrons. The molecule has 30 heavy (non-hydrogen) atoms. The lowest BCUT2D eigenvalue weighted by molar-refractivity contribution is -0.122. The van der Waals surface area contributed by atoms with Crippen LogP contribution in [0.5, 0.6) is 0 Å². The summed E-state index contributed by atoms with van der Waals surface area (Å²) >= 11 is 0. The molecular formula is C23H31N3O3S. The van der Waals surface area contributed by atoms with Crippen molar-refractivity contribution in [3.63, 3.8) is 0 Å². The molecule has 2 aromatic rings. The van der Waals surface area contributed by atoms with Crippen LogP contribution in [0.15, 0.2) is 48.5 Å². The van der Waals surface area contributed by atoms with Gasteiger partial charge in [0.05, 0.1) is 11.9 Å². The Morgan fingerprint density at radius 2 is 1.73 bits per heavy atom. The highest BCUT2D eigenvalue weighted by Gasteiger charge is 2.28. The van der Waals surface area contributed by atoms with Crippen LogP contribution in [0, 0.1) is 6.92 Å². The largest absolute Gasteiger partial charge is 0.350 e. The molecule has 0 aromatic heterocycles. The maximum absolute atomic E-state index is 12.8. The number of hydrogen-bond donors (Lipinski definition) is 1. The predicted octanol–water partition coefficient (Wildman–Crippen LogP) is 3.06. The molecule has 1 aliphatic heterocycles. The predicted molar refractivity (Wildman–Crippen MR) is 121 cm³/mol. The summed E-state index contributed by atoms with van der Waals surface area (Å²) in [5.41, 5.74) is 3.75. The van der Waals surface area contributed by atoms with Crippen molar-refractivity contribution in [2.75, 3.05) is 23.7 Å². The first-order chi connectivity index (χ1) is 14.2. The summed E-state index contributed by atoms with van der Waals surface area (Å²) in [6.45, 7) is 7.11. The molecule has 6 nitrogen and oxygen atoms in total. The fraction of sp³-hybridized carbons (Fsp3) is 0.435. The van der Waals surface area contributed by atoms with Crippen molar-refractivity contribution in [3.8, 4) is 0 Å². The number of carbonyl (C=O) groups excluding carboxylic acids is 1. The van der Waals surface area contributed by atoms with Crippen LogP contribution >= 0.6 is 0 Å². The molecule has 0 bridgehead atoms. The highest BCUT2D eigenvalue weighted by molar-refractivity contribution is 7.92. The molecule has 0 aliphatic carbocycles. The molecule has 0 spiro atoms. The number of amides is 1. The number of sulfonamides is 1. The van der Waals surface area contributed by atoms with Gasteiger partial charge in [-0.2, -0.15) is 0 Å². The van der Waals surface area contributed by atoms with Crippen LogP contribution in [0.4, 0.5) is 5.69 Å². The van der Waals surface area contributed by atoms with Crippen LogP contribution in [0.3, 0.4) is 0 Å². The Bertz CT molecular complexity index is 967. The number of benzene rings is 2. The summed E-state index contributed by atoms with van der Waals surface area (Å²) < 4.78 is 25.9. The van der Waals surface area contributed by atoms with Crippen LogP contribution in [-0.4, -0.2) is 44.6 Å². The highest BCUT2D eigenvalue weighted by atomic mass is 32.2. The van der Waals surface area contributed by atoms with Gasteiger partial charge >= 0.3 is 0 Å². The average molecular weight is 430 g/mol. The number of rotatable bonds is 8. The maximum Gasteiger partial charge on any atom is 0.243 e. The van der Waals surface area contributed by atoms with Crippen LogP contribution in [0.2, 0.25) is 0 Å². The SMILES string of the molecule is Cc1ccc(N(C(C)C(=O)NCc2cccc(CN3CCCC3)c2)S(C)(=O)=O)cc1. The van der Waals surface area contributed by atoms with Gasteiger partial charge < -0.3 is 5.32 Å².